The van der Waals surface area contributed by atoms with E-state index < -0.39 is 0 Å². The number of nitrogens with zero attached hydrogens (tertiary/aromatic N) is 1. The fraction of sp³-hybridized carbons (Fsp3) is 0.190. The van der Waals surface area contributed by atoms with Crippen LogP contribution in [0.4, 0.5) is 5.69 Å². The van der Waals surface area contributed by atoms with Gasteiger partial charge in [-0.25, -0.2) is 0 Å². The van der Waals surface area contributed by atoms with Crippen molar-refractivity contribution in [3.8, 4) is 5.75 Å². The van der Waals surface area contributed by atoms with Gasteiger partial charge in [0.25, 0.3) is 11.8 Å². The molecule has 1 saturated heterocycles. The molecule has 144 valence electrons. The normalized spacial score (nSPS) is 15.2. The van der Waals surface area contributed by atoms with Crippen LogP contribution in [0.15, 0.2) is 53.4 Å². The molecule has 28 heavy (non-hydrogen) atoms. The van der Waals surface area contributed by atoms with Gasteiger partial charge in [-0.2, -0.15) is 0 Å². The monoisotopic (exact) mass is 412 g/mol. The van der Waals surface area contributed by atoms with Gasteiger partial charge in [-0.3, -0.25) is 14.5 Å². The van der Waals surface area contributed by atoms with E-state index in [1.54, 1.807) is 23.1 Å². The number of carbonyl (C=O) groups excluding carboxylic acids is 2. The molecule has 1 aliphatic rings. The first-order valence-electron chi connectivity index (χ1n) is 8.82. The van der Waals surface area contributed by atoms with Crippen molar-refractivity contribution in [1.82, 2.24) is 5.32 Å². The van der Waals surface area contributed by atoms with Crippen molar-refractivity contribution in [3.63, 3.8) is 0 Å². The Kier molecular flexibility index (Phi) is 6.49. The van der Waals surface area contributed by atoms with E-state index >= 15 is 0 Å². The fourth-order valence-corrected chi connectivity index (χ4v) is 3.89. The lowest BCUT2D eigenvalue weighted by Crippen LogP contribution is -2.28. The highest BCUT2D eigenvalue weighted by atomic mass is 32.2. The van der Waals surface area contributed by atoms with Crippen molar-refractivity contribution in [2.24, 2.45) is 0 Å². The van der Waals surface area contributed by atoms with E-state index in [9.17, 15) is 9.59 Å². The third-order valence-corrected chi connectivity index (χ3v) is 5.31. The topological polar surface area (TPSA) is 58.6 Å². The number of likely N-dealkylation sites (N-methyl/N-ethyl adjacent to an activating group) is 1. The summed E-state index contributed by atoms with van der Waals surface area (Å²) < 4.78 is 5.95. The summed E-state index contributed by atoms with van der Waals surface area (Å²) in [4.78, 5) is 26.4. The van der Waals surface area contributed by atoms with Gasteiger partial charge in [0.1, 0.15) is 5.75 Å². The molecule has 0 radical (unpaired) electrons. The summed E-state index contributed by atoms with van der Waals surface area (Å²) >= 11 is 6.68. The maximum atomic E-state index is 12.8. The molecule has 0 spiro atoms. The maximum absolute atomic E-state index is 12.8. The van der Waals surface area contributed by atoms with Crippen LogP contribution in [0, 0.1) is 6.92 Å². The number of anilines is 1. The molecular weight excluding hydrogens is 392 g/mol. The summed E-state index contributed by atoms with van der Waals surface area (Å²) in [5.41, 5.74) is 2.75. The minimum atomic E-state index is -0.161. The van der Waals surface area contributed by atoms with Crippen LogP contribution in [0.3, 0.4) is 0 Å². The molecule has 3 rings (SSSR count). The van der Waals surface area contributed by atoms with Gasteiger partial charge in [-0.15, -0.1) is 0 Å². The highest BCUT2D eigenvalue weighted by Gasteiger charge is 2.33. The highest BCUT2D eigenvalue weighted by Crippen LogP contribution is 2.36. The number of benzene rings is 2. The molecule has 0 atom stereocenters. The number of thiocarbonyl (C=S) groups is 1. The average molecular weight is 413 g/mol. The molecule has 5 nitrogen and oxygen atoms in total. The van der Waals surface area contributed by atoms with E-state index in [1.165, 1.54) is 11.8 Å². The quantitative estimate of drug-likeness (QED) is 0.576. The van der Waals surface area contributed by atoms with E-state index in [4.69, 9.17) is 17.0 Å². The number of aryl methyl sites for hydroxylation is 1. The molecule has 1 N–H and O–H groups in total. The SMILES string of the molecule is CCNC(=O)COc1ccc(/C=C2\SC(=S)N(c3ccc(C)cc3)C2=O)cc1. The van der Waals surface area contributed by atoms with Crippen LogP contribution in [0.2, 0.25) is 0 Å². The predicted molar refractivity (Wildman–Crippen MR) is 117 cm³/mol. The van der Waals surface area contributed by atoms with Crippen molar-refractivity contribution < 1.29 is 14.3 Å². The largest absolute Gasteiger partial charge is 0.484 e. The van der Waals surface area contributed by atoms with Crippen molar-refractivity contribution in [3.05, 3.63) is 64.6 Å². The lowest BCUT2D eigenvalue weighted by molar-refractivity contribution is -0.123. The predicted octanol–water partition coefficient (Wildman–Crippen LogP) is 3.92. The van der Waals surface area contributed by atoms with Crippen molar-refractivity contribution >= 4 is 51.9 Å². The maximum Gasteiger partial charge on any atom is 0.270 e. The Morgan fingerprint density at radius 3 is 2.50 bits per heavy atom. The number of thioether (sulfide) groups is 1. The molecule has 0 bridgehead atoms. The average Bonchev–Trinajstić information content (AvgIpc) is 2.95. The summed E-state index contributed by atoms with van der Waals surface area (Å²) in [5, 5.41) is 2.67. The Morgan fingerprint density at radius 1 is 1.18 bits per heavy atom. The molecule has 7 heteroatoms. The van der Waals surface area contributed by atoms with Gasteiger partial charge in [-0.05, 0) is 49.8 Å². The molecule has 1 aliphatic heterocycles. The van der Waals surface area contributed by atoms with Crippen LogP contribution in [-0.2, 0) is 9.59 Å². The van der Waals surface area contributed by atoms with Gasteiger partial charge in [0.05, 0.1) is 10.6 Å². The number of hydrogen-bond donors (Lipinski definition) is 1. The first-order chi connectivity index (χ1) is 13.5. The molecule has 0 unspecified atom stereocenters. The van der Waals surface area contributed by atoms with Crippen LogP contribution in [0.5, 0.6) is 5.75 Å². The molecule has 0 saturated carbocycles. The second-order valence-electron chi connectivity index (χ2n) is 6.16. The third-order valence-electron chi connectivity index (χ3n) is 4.01. The smallest absolute Gasteiger partial charge is 0.270 e. The second kappa shape index (κ2) is 9.03. The molecule has 2 aromatic carbocycles. The Morgan fingerprint density at radius 2 is 1.86 bits per heavy atom. The number of nitrogens with one attached hydrogen (secondary N) is 1. The Balaban J connectivity index is 1.69. The van der Waals surface area contributed by atoms with Crippen molar-refractivity contribution in [2.45, 2.75) is 13.8 Å². The van der Waals surface area contributed by atoms with Gasteiger partial charge in [0, 0.05) is 6.54 Å². The Bertz CT molecular complexity index is 922. The van der Waals surface area contributed by atoms with E-state index in [2.05, 4.69) is 5.32 Å². The zero-order valence-corrected chi connectivity index (χ0v) is 17.2. The van der Waals surface area contributed by atoms with E-state index in [-0.39, 0.29) is 18.4 Å². The third kappa shape index (κ3) is 4.79. The number of rotatable bonds is 6. The Hall–Kier alpha value is -2.64. The first kappa shape index (κ1) is 20.1. The second-order valence-corrected chi connectivity index (χ2v) is 7.84. The van der Waals surface area contributed by atoms with Gasteiger partial charge < -0.3 is 10.1 Å². The lowest BCUT2D eigenvalue weighted by Gasteiger charge is -2.14. The zero-order chi connectivity index (χ0) is 20.1. The molecule has 2 aromatic rings. The van der Waals surface area contributed by atoms with Crippen LogP contribution in [-0.4, -0.2) is 29.3 Å². The first-order valence-corrected chi connectivity index (χ1v) is 10.0. The summed E-state index contributed by atoms with van der Waals surface area (Å²) in [6.07, 6.45) is 1.81. The standard InChI is InChI=1S/C21H20N2O3S2/c1-3-22-19(24)13-26-17-10-6-15(7-11-17)12-18-20(25)23(21(27)28-18)16-8-4-14(2)5-9-16/h4-12H,3,13H2,1-2H3,(H,22,24)/b18-12-. The van der Waals surface area contributed by atoms with Gasteiger partial charge >= 0.3 is 0 Å². The fourth-order valence-electron chi connectivity index (χ4n) is 2.59. The van der Waals surface area contributed by atoms with Crippen LogP contribution in [0.1, 0.15) is 18.1 Å². The molecule has 1 heterocycles. The zero-order valence-electron chi connectivity index (χ0n) is 15.6. The highest BCUT2D eigenvalue weighted by molar-refractivity contribution is 8.27. The molecule has 2 amide bonds. The molecule has 0 aromatic heterocycles. The van der Waals surface area contributed by atoms with Gasteiger partial charge in [0.2, 0.25) is 0 Å². The van der Waals surface area contributed by atoms with Crippen LogP contribution < -0.4 is 15.0 Å². The lowest BCUT2D eigenvalue weighted by atomic mass is 10.2. The van der Waals surface area contributed by atoms with Gasteiger partial charge in [-0.1, -0.05) is 53.8 Å². The summed E-state index contributed by atoms with van der Waals surface area (Å²) in [6, 6.07) is 14.9. The number of ether oxygens (including phenoxy) is 1. The number of carbonyl (C=O) groups is 2. The molecule has 0 aliphatic carbocycles. The molecule has 1 fully saturated rings. The van der Waals surface area contributed by atoms with E-state index in [1.807, 2.05) is 50.2 Å². The van der Waals surface area contributed by atoms with Gasteiger partial charge in [0.15, 0.2) is 10.9 Å². The molecular formula is C21H20N2O3S2. The van der Waals surface area contributed by atoms with E-state index in [0.717, 1.165) is 16.8 Å². The van der Waals surface area contributed by atoms with Crippen molar-refractivity contribution in [2.75, 3.05) is 18.1 Å². The van der Waals surface area contributed by atoms with E-state index in [0.29, 0.717) is 21.5 Å². The summed E-state index contributed by atoms with van der Waals surface area (Å²) in [7, 11) is 0. The minimum Gasteiger partial charge on any atom is -0.484 e. The summed E-state index contributed by atoms with van der Waals surface area (Å²) in [6.45, 7) is 4.40. The van der Waals surface area contributed by atoms with Crippen molar-refractivity contribution in [1.29, 1.82) is 0 Å². The number of hydrogen-bond acceptors (Lipinski definition) is 5. The summed E-state index contributed by atoms with van der Waals surface area (Å²) in [5.74, 6) is 0.303. The van der Waals surface area contributed by atoms with Crippen LogP contribution >= 0.6 is 24.0 Å². The van der Waals surface area contributed by atoms with Crippen LogP contribution in [0.25, 0.3) is 6.08 Å². The number of amides is 2. The minimum absolute atomic E-state index is 0.0254. The Labute approximate surface area is 173 Å².